The number of ether oxygens (including phenoxy) is 2. The maximum Gasteiger partial charge on any atom is 0.119 e. The summed E-state index contributed by atoms with van der Waals surface area (Å²) in [6.07, 6.45) is 4.30. The number of rotatable bonds is 6. The molecule has 0 aliphatic carbocycles. The molecular weight excluding hydrogens is 352 g/mol. The van der Waals surface area contributed by atoms with Crippen LogP contribution < -0.4 is 4.74 Å². The van der Waals surface area contributed by atoms with Crippen LogP contribution in [0.4, 0.5) is 0 Å². The van der Waals surface area contributed by atoms with E-state index < -0.39 is 0 Å². The van der Waals surface area contributed by atoms with Crippen LogP contribution in [0, 0.1) is 0 Å². The van der Waals surface area contributed by atoms with Crippen LogP contribution in [0.1, 0.15) is 42.6 Å². The normalized spacial score (nSPS) is 16.9. The van der Waals surface area contributed by atoms with Gasteiger partial charge in [-0.15, -0.1) is 0 Å². The van der Waals surface area contributed by atoms with Gasteiger partial charge in [0.25, 0.3) is 0 Å². The highest BCUT2D eigenvalue weighted by Gasteiger charge is 2.20. The summed E-state index contributed by atoms with van der Waals surface area (Å²) < 4.78 is 12.8. The average molecular weight is 375 g/mol. The minimum absolute atomic E-state index is 0.211. The van der Waals surface area contributed by atoms with Crippen LogP contribution >= 0.6 is 15.9 Å². The van der Waals surface area contributed by atoms with Crippen molar-refractivity contribution in [2.45, 2.75) is 38.7 Å². The monoisotopic (exact) mass is 374 g/mol. The Balaban J connectivity index is 1.61. The van der Waals surface area contributed by atoms with Crippen LogP contribution in [0.25, 0.3) is 0 Å². The second kappa shape index (κ2) is 7.98. The first kappa shape index (κ1) is 16.5. The van der Waals surface area contributed by atoms with Gasteiger partial charge in [0.2, 0.25) is 0 Å². The van der Waals surface area contributed by atoms with Gasteiger partial charge in [0.05, 0.1) is 19.3 Å². The lowest BCUT2D eigenvalue weighted by Gasteiger charge is -2.26. The fourth-order valence-electron chi connectivity index (χ4n) is 3.01. The number of benzene rings is 2. The molecule has 1 aliphatic heterocycles. The molecule has 0 amide bonds. The number of aryl methyl sites for hydroxylation is 1. The quantitative estimate of drug-likeness (QED) is 0.665. The van der Waals surface area contributed by atoms with E-state index in [0.29, 0.717) is 0 Å². The van der Waals surface area contributed by atoms with Crippen LogP contribution in [0.15, 0.2) is 46.9 Å². The van der Waals surface area contributed by atoms with Crippen LogP contribution in [0.3, 0.4) is 0 Å². The van der Waals surface area contributed by atoms with Crippen molar-refractivity contribution in [1.29, 1.82) is 0 Å². The van der Waals surface area contributed by atoms with Crippen molar-refractivity contribution in [2.24, 2.45) is 0 Å². The van der Waals surface area contributed by atoms with E-state index in [1.165, 1.54) is 16.7 Å². The Labute approximate surface area is 146 Å². The van der Waals surface area contributed by atoms with Crippen molar-refractivity contribution in [3.8, 4) is 5.75 Å². The molecule has 2 aromatic carbocycles. The van der Waals surface area contributed by atoms with Crippen molar-refractivity contribution >= 4 is 15.9 Å². The first-order chi connectivity index (χ1) is 11.3. The van der Waals surface area contributed by atoms with Crippen LogP contribution in [-0.4, -0.2) is 13.2 Å². The van der Waals surface area contributed by atoms with Crippen molar-refractivity contribution in [3.05, 3.63) is 63.6 Å². The topological polar surface area (TPSA) is 18.5 Å². The molecule has 1 heterocycles. The molecule has 0 saturated heterocycles. The molecule has 0 saturated carbocycles. The van der Waals surface area contributed by atoms with Gasteiger partial charge in [0.1, 0.15) is 5.75 Å². The molecule has 0 bridgehead atoms. The Morgan fingerprint density at radius 3 is 2.78 bits per heavy atom. The first-order valence-corrected chi connectivity index (χ1v) is 9.17. The molecule has 23 heavy (non-hydrogen) atoms. The molecular formula is C20H23BrO2. The lowest BCUT2D eigenvalue weighted by molar-refractivity contribution is 0.0367. The Kier molecular flexibility index (Phi) is 5.74. The van der Waals surface area contributed by atoms with E-state index in [-0.39, 0.29) is 6.10 Å². The van der Waals surface area contributed by atoms with Gasteiger partial charge in [-0.05, 0) is 66.6 Å². The van der Waals surface area contributed by atoms with Crippen LogP contribution in [0.2, 0.25) is 0 Å². The van der Waals surface area contributed by atoms with Crippen molar-refractivity contribution in [1.82, 2.24) is 0 Å². The van der Waals surface area contributed by atoms with Gasteiger partial charge >= 0.3 is 0 Å². The molecule has 0 radical (unpaired) electrons. The third-order valence-corrected chi connectivity index (χ3v) is 4.73. The highest BCUT2D eigenvalue weighted by Crippen LogP contribution is 2.32. The molecule has 1 aliphatic rings. The number of halogens is 1. The van der Waals surface area contributed by atoms with E-state index >= 15 is 0 Å². The summed E-state index contributed by atoms with van der Waals surface area (Å²) in [5.74, 6) is 0.958. The number of hydrogen-bond acceptors (Lipinski definition) is 2. The van der Waals surface area contributed by atoms with Gasteiger partial charge in [-0.25, -0.2) is 0 Å². The summed E-state index contributed by atoms with van der Waals surface area (Å²) in [5, 5.41) is 0. The summed E-state index contributed by atoms with van der Waals surface area (Å²) in [6.45, 7) is 3.72. The van der Waals surface area contributed by atoms with E-state index in [2.05, 4.69) is 65.3 Å². The van der Waals surface area contributed by atoms with Crippen LogP contribution in [0.5, 0.6) is 5.75 Å². The Bertz CT molecular complexity index is 637. The molecule has 0 aromatic heterocycles. The third kappa shape index (κ3) is 4.36. The Morgan fingerprint density at radius 2 is 2.00 bits per heavy atom. The largest absolute Gasteiger partial charge is 0.494 e. The fourth-order valence-corrected chi connectivity index (χ4v) is 3.42. The van der Waals surface area contributed by atoms with Gasteiger partial charge in [0.15, 0.2) is 0 Å². The van der Waals surface area contributed by atoms with E-state index in [0.717, 1.165) is 49.1 Å². The zero-order chi connectivity index (χ0) is 16.1. The molecule has 0 spiro atoms. The summed E-state index contributed by atoms with van der Waals surface area (Å²) in [5.41, 5.74) is 4.10. The fraction of sp³-hybridized carbons (Fsp3) is 0.400. The summed E-state index contributed by atoms with van der Waals surface area (Å²) in [6, 6.07) is 15.0. The summed E-state index contributed by atoms with van der Waals surface area (Å²) in [4.78, 5) is 0. The van der Waals surface area contributed by atoms with E-state index in [9.17, 15) is 0 Å². The average Bonchev–Trinajstić information content (AvgIpc) is 2.58. The van der Waals surface area contributed by atoms with Gasteiger partial charge in [-0.1, -0.05) is 41.1 Å². The van der Waals surface area contributed by atoms with Gasteiger partial charge < -0.3 is 9.47 Å². The summed E-state index contributed by atoms with van der Waals surface area (Å²) >= 11 is 3.56. The number of fused-ring (bicyclic) bond motifs is 1. The van der Waals surface area contributed by atoms with Crippen molar-refractivity contribution in [2.75, 3.05) is 13.2 Å². The summed E-state index contributed by atoms with van der Waals surface area (Å²) in [7, 11) is 0. The van der Waals surface area contributed by atoms with Gasteiger partial charge in [-0.3, -0.25) is 0 Å². The lowest BCUT2D eigenvalue weighted by Crippen LogP contribution is -2.17. The molecule has 2 aromatic rings. The highest BCUT2D eigenvalue weighted by molar-refractivity contribution is 9.10. The molecule has 1 unspecified atom stereocenters. The van der Waals surface area contributed by atoms with E-state index in [1.807, 2.05) is 0 Å². The van der Waals surface area contributed by atoms with Crippen molar-refractivity contribution < 1.29 is 9.47 Å². The second-order valence-corrected chi connectivity index (χ2v) is 6.90. The predicted octanol–water partition coefficient (Wildman–Crippen LogP) is 5.48. The van der Waals surface area contributed by atoms with Gasteiger partial charge in [0, 0.05) is 4.47 Å². The molecule has 3 heteroatoms. The maximum atomic E-state index is 6.00. The third-order valence-electron chi connectivity index (χ3n) is 4.23. The molecule has 2 nitrogen and oxygen atoms in total. The van der Waals surface area contributed by atoms with Gasteiger partial charge in [-0.2, -0.15) is 0 Å². The zero-order valence-corrected chi connectivity index (χ0v) is 15.1. The highest BCUT2D eigenvalue weighted by atomic mass is 79.9. The van der Waals surface area contributed by atoms with E-state index in [4.69, 9.17) is 9.47 Å². The molecule has 3 rings (SSSR count). The maximum absolute atomic E-state index is 6.00. The lowest BCUT2D eigenvalue weighted by atomic mass is 9.94. The zero-order valence-electron chi connectivity index (χ0n) is 13.6. The van der Waals surface area contributed by atoms with E-state index in [1.54, 1.807) is 0 Å². The minimum atomic E-state index is 0.211. The first-order valence-electron chi connectivity index (χ1n) is 8.38. The SMILES string of the molecule is CCCOc1ccc(CCC2OCCc3cc(Br)ccc32)cc1. The minimum Gasteiger partial charge on any atom is -0.494 e. The standard InChI is InChI=1S/C20H23BrO2/c1-2-12-22-18-7-3-15(4-8-18)5-10-20-19-9-6-17(21)14-16(19)11-13-23-20/h3-4,6-9,14,20H,2,5,10-13H2,1H3. The smallest absolute Gasteiger partial charge is 0.119 e. The van der Waals surface area contributed by atoms with Crippen LogP contribution in [-0.2, 0) is 17.6 Å². The predicted molar refractivity (Wildman–Crippen MR) is 97.1 cm³/mol. The Morgan fingerprint density at radius 1 is 1.17 bits per heavy atom. The number of hydrogen-bond donors (Lipinski definition) is 0. The Hall–Kier alpha value is -1.32. The second-order valence-electron chi connectivity index (χ2n) is 5.98. The molecule has 1 atom stereocenters. The molecule has 0 N–H and O–H groups in total. The molecule has 122 valence electrons. The molecule has 0 fully saturated rings. The van der Waals surface area contributed by atoms with Crippen molar-refractivity contribution in [3.63, 3.8) is 0 Å².